The normalized spacial score (nSPS) is 23.4. The van der Waals surface area contributed by atoms with Crippen LogP contribution in [0.3, 0.4) is 0 Å². The molecule has 7 nitrogen and oxygen atoms in total. The fraction of sp³-hybridized carbons (Fsp3) is 0.649. The molecular formula is C37H53N5O2. The Bertz CT molecular complexity index is 1390. The van der Waals surface area contributed by atoms with E-state index in [1.807, 2.05) is 0 Å². The van der Waals surface area contributed by atoms with Crippen LogP contribution in [0.5, 0.6) is 0 Å². The molecule has 0 unspecified atom stereocenters. The number of aryl methyl sites for hydroxylation is 4. The summed E-state index contributed by atoms with van der Waals surface area (Å²) in [4.78, 5) is 27.4. The highest BCUT2D eigenvalue weighted by atomic mass is 16.4. The van der Waals surface area contributed by atoms with Gasteiger partial charge in [0.1, 0.15) is 17.4 Å². The first-order valence-electron chi connectivity index (χ1n) is 17.5. The van der Waals surface area contributed by atoms with Crippen LogP contribution in [0.1, 0.15) is 93.3 Å². The minimum absolute atomic E-state index is 0.296. The van der Waals surface area contributed by atoms with Crippen molar-refractivity contribution in [1.82, 2.24) is 24.3 Å². The molecule has 1 aliphatic carbocycles. The number of imidazole rings is 1. The lowest BCUT2D eigenvalue weighted by Gasteiger charge is -2.35. The van der Waals surface area contributed by atoms with Crippen LogP contribution in [-0.2, 0) is 17.8 Å². The second kappa shape index (κ2) is 14.1. The summed E-state index contributed by atoms with van der Waals surface area (Å²) >= 11 is 0. The third-order valence-electron chi connectivity index (χ3n) is 11.1. The topological polar surface area (TPSA) is 74.5 Å². The van der Waals surface area contributed by atoms with E-state index < -0.39 is 5.97 Å². The number of likely N-dealkylation sites (tertiary alicyclic amines) is 2. The molecule has 0 amide bonds. The Balaban J connectivity index is 1.05. The second-order valence-corrected chi connectivity index (χ2v) is 14.1. The van der Waals surface area contributed by atoms with Gasteiger partial charge in [-0.05, 0) is 100 Å². The molecule has 1 saturated carbocycles. The van der Waals surface area contributed by atoms with Crippen molar-refractivity contribution in [3.63, 3.8) is 0 Å². The number of aromatic nitrogens is 3. The molecule has 7 heteroatoms. The molecule has 2 aromatic heterocycles. The number of hydrogen-bond donors (Lipinski definition) is 1. The SMILES string of the molecule is CCc1nc2c(C)cc(C)nc2n1CCCC1CCN(C[C@H]2CN([C@@H](C(=O)O)C3CCCCC3)C[C@@H]2c2ccccc2)CC1. The quantitative estimate of drug-likeness (QED) is 0.260. The van der Waals surface area contributed by atoms with Crippen LogP contribution in [0.15, 0.2) is 36.4 Å². The molecule has 1 aromatic carbocycles. The number of aliphatic carboxylic acids is 1. The molecule has 2 aliphatic heterocycles. The zero-order valence-corrected chi connectivity index (χ0v) is 27.3. The molecule has 1 N–H and O–H groups in total. The molecule has 6 rings (SSSR count). The Morgan fingerprint density at radius 3 is 2.45 bits per heavy atom. The molecule has 44 heavy (non-hydrogen) atoms. The number of hydrogen-bond acceptors (Lipinski definition) is 5. The summed E-state index contributed by atoms with van der Waals surface area (Å²) in [6.07, 6.45) is 11.6. The molecule has 0 spiro atoms. The van der Waals surface area contributed by atoms with E-state index in [-0.39, 0.29) is 6.04 Å². The summed E-state index contributed by atoms with van der Waals surface area (Å²) < 4.78 is 2.37. The van der Waals surface area contributed by atoms with E-state index in [1.54, 1.807) is 0 Å². The number of carboxylic acid groups (broad SMARTS) is 1. The van der Waals surface area contributed by atoms with Crippen LogP contribution in [0, 0.1) is 31.6 Å². The first kappa shape index (κ1) is 31.2. The zero-order chi connectivity index (χ0) is 30.6. The minimum atomic E-state index is -0.610. The van der Waals surface area contributed by atoms with Crippen molar-refractivity contribution in [2.75, 3.05) is 32.7 Å². The van der Waals surface area contributed by atoms with Gasteiger partial charge in [-0.2, -0.15) is 0 Å². The summed E-state index contributed by atoms with van der Waals surface area (Å²) in [6, 6.07) is 12.7. The van der Waals surface area contributed by atoms with Gasteiger partial charge in [0.15, 0.2) is 5.65 Å². The molecule has 0 radical (unpaired) electrons. The van der Waals surface area contributed by atoms with Gasteiger partial charge in [-0.3, -0.25) is 9.69 Å². The van der Waals surface area contributed by atoms with Crippen molar-refractivity contribution in [3.8, 4) is 0 Å². The predicted octanol–water partition coefficient (Wildman–Crippen LogP) is 6.85. The summed E-state index contributed by atoms with van der Waals surface area (Å²) in [6.45, 7) is 12.6. The van der Waals surface area contributed by atoms with E-state index in [1.165, 1.54) is 56.1 Å². The van der Waals surface area contributed by atoms with Crippen LogP contribution in [0.4, 0.5) is 0 Å². The summed E-state index contributed by atoms with van der Waals surface area (Å²) in [5, 5.41) is 10.4. The highest BCUT2D eigenvalue weighted by Gasteiger charge is 2.43. The average molecular weight is 600 g/mol. The lowest BCUT2D eigenvalue weighted by Crippen LogP contribution is -2.46. The fourth-order valence-corrected chi connectivity index (χ4v) is 8.78. The largest absolute Gasteiger partial charge is 0.480 e. The minimum Gasteiger partial charge on any atom is -0.480 e. The van der Waals surface area contributed by atoms with Crippen molar-refractivity contribution < 1.29 is 9.90 Å². The van der Waals surface area contributed by atoms with Crippen molar-refractivity contribution in [2.24, 2.45) is 17.8 Å². The monoisotopic (exact) mass is 599 g/mol. The zero-order valence-electron chi connectivity index (χ0n) is 27.3. The number of fused-ring (bicyclic) bond motifs is 1. The maximum absolute atomic E-state index is 12.6. The highest BCUT2D eigenvalue weighted by molar-refractivity contribution is 5.76. The molecule has 3 aromatic rings. The van der Waals surface area contributed by atoms with Crippen LogP contribution in [0.2, 0.25) is 0 Å². The maximum atomic E-state index is 12.6. The summed E-state index contributed by atoms with van der Waals surface area (Å²) in [5.74, 6) is 2.49. The smallest absolute Gasteiger partial charge is 0.321 e. The standard InChI is InChI=1S/C37H53N5O2/c1-4-33-39-34-26(2)22-27(3)38-36(34)42(33)19-11-12-28-17-20-40(21-18-28)23-31-24-41(25-32(31)29-13-7-5-8-14-29)35(37(43)44)30-15-9-6-10-16-30/h5,7-8,13-14,22,28,30-32,35H,4,6,9-12,15-21,23-25H2,1-3H3,(H,43,44)/t31-,32+,35+/m0/s1. The first-order chi connectivity index (χ1) is 21.4. The van der Waals surface area contributed by atoms with Gasteiger partial charge in [-0.25, -0.2) is 9.97 Å². The van der Waals surface area contributed by atoms with Crippen LogP contribution >= 0.6 is 0 Å². The number of nitrogens with zero attached hydrogens (tertiary/aromatic N) is 5. The van der Waals surface area contributed by atoms with E-state index in [2.05, 4.69) is 71.5 Å². The van der Waals surface area contributed by atoms with Crippen LogP contribution in [0.25, 0.3) is 11.2 Å². The fourth-order valence-electron chi connectivity index (χ4n) is 8.78. The van der Waals surface area contributed by atoms with Crippen molar-refractivity contribution in [1.29, 1.82) is 0 Å². The van der Waals surface area contributed by atoms with E-state index in [9.17, 15) is 9.90 Å². The van der Waals surface area contributed by atoms with Gasteiger partial charge in [-0.1, -0.05) is 56.5 Å². The van der Waals surface area contributed by atoms with Gasteiger partial charge in [0.25, 0.3) is 0 Å². The summed E-state index contributed by atoms with van der Waals surface area (Å²) in [7, 11) is 0. The lowest BCUT2D eigenvalue weighted by molar-refractivity contribution is -0.145. The van der Waals surface area contributed by atoms with Gasteiger partial charge in [-0.15, -0.1) is 0 Å². The molecule has 0 bridgehead atoms. The predicted molar refractivity (Wildman–Crippen MR) is 177 cm³/mol. The van der Waals surface area contributed by atoms with E-state index in [0.29, 0.717) is 17.8 Å². The molecular weight excluding hydrogens is 546 g/mol. The Labute approximate surface area is 264 Å². The van der Waals surface area contributed by atoms with Crippen molar-refractivity contribution in [3.05, 3.63) is 59.0 Å². The summed E-state index contributed by atoms with van der Waals surface area (Å²) in [5.41, 5.74) is 5.79. The maximum Gasteiger partial charge on any atom is 0.321 e. The van der Waals surface area contributed by atoms with Crippen molar-refractivity contribution >= 4 is 17.1 Å². The van der Waals surface area contributed by atoms with Gasteiger partial charge < -0.3 is 14.6 Å². The first-order valence-corrected chi connectivity index (χ1v) is 17.5. The molecule has 3 aliphatic rings. The number of piperidine rings is 1. The number of benzene rings is 1. The number of carboxylic acids is 1. The van der Waals surface area contributed by atoms with Crippen LogP contribution in [-0.4, -0.2) is 74.2 Å². The van der Waals surface area contributed by atoms with Gasteiger partial charge in [0.2, 0.25) is 0 Å². The number of rotatable bonds is 11. The average Bonchev–Trinajstić information content (AvgIpc) is 3.60. The Kier molecular flexibility index (Phi) is 10.0. The molecule has 3 atom stereocenters. The van der Waals surface area contributed by atoms with Gasteiger partial charge in [0.05, 0.1) is 0 Å². The van der Waals surface area contributed by atoms with E-state index in [0.717, 1.165) is 87.1 Å². The lowest BCUT2D eigenvalue weighted by atomic mass is 9.83. The molecule has 4 heterocycles. The highest BCUT2D eigenvalue weighted by Crippen LogP contribution is 2.39. The van der Waals surface area contributed by atoms with E-state index >= 15 is 0 Å². The molecule has 238 valence electrons. The Morgan fingerprint density at radius 1 is 1.00 bits per heavy atom. The van der Waals surface area contributed by atoms with Gasteiger partial charge >= 0.3 is 5.97 Å². The third-order valence-corrected chi connectivity index (χ3v) is 11.1. The van der Waals surface area contributed by atoms with Crippen molar-refractivity contribution in [2.45, 2.75) is 103 Å². The third kappa shape index (κ3) is 6.89. The Morgan fingerprint density at radius 2 is 1.75 bits per heavy atom. The molecule has 2 saturated heterocycles. The number of pyridine rings is 1. The van der Waals surface area contributed by atoms with E-state index in [4.69, 9.17) is 9.97 Å². The second-order valence-electron chi connectivity index (χ2n) is 14.1. The molecule has 3 fully saturated rings. The van der Waals surface area contributed by atoms with Gasteiger partial charge in [0, 0.05) is 44.2 Å². The number of carbonyl (C=O) groups is 1. The Hall–Kier alpha value is -2.77. The van der Waals surface area contributed by atoms with Crippen LogP contribution < -0.4 is 0 Å².